The zero-order chi connectivity index (χ0) is 11.2. The van der Waals surface area contributed by atoms with Gasteiger partial charge in [0.05, 0.1) is 26.2 Å². The zero-order valence-electron chi connectivity index (χ0n) is 9.56. The average Bonchev–Trinajstić information content (AvgIpc) is 2.75. The van der Waals surface area contributed by atoms with E-state index in [1.807, 2.05) is 16.4 Å². The third-order valence-corrected chi connectivity index (χ3v) is 3.71. The highest BCUT2D eigenvalue weighted by Crippen LogP contribution is 1.99. The summed E-state index contributed by atoms with van der Waals surface area (Å²) in [4.78, 5) is 1.58. The van der Waals surface area contributed by atoms with Crippen molar-refractivity contribution in [2.75, 3.05) is 38.3 Å². The Kier molecular flexibility index (Phi) is 4.55. The Hall–Kier alpha value is -0.660. The van der Waals surface area contributed by atoms with E-state index in [4.69, 9.17) is 4.74 Å². The normalized spacial score (nSPS) is 17.8. The summed E-state index contributed by atoms with van der Waals surface area (Å²) in [5.74, 6) is 3.46. The first-order valence-electron chi connectivity index (χ1n) is 5.55. The van der Waals surface area contributed by atoms with Crippen molar-refractivity contribution in [2.24, 2.45) is 0 Å². The molecule has 0 amide bonds. The van der Waals surface area contributed by atoms with Crippen LogP contribution in [0.4, 0.5) is 0 Å². The Balaban J connectivity index is 1.89. The Morgan fingerprint density at radius 3 is 3.00 bits per heavy atom. The molecule has 0 spiro atoms. The topological polar surface area (TPSA) is 57.3 Å². The van der Waals surface area contributed by atoms with Gasteiger partial charge in [-0.1, -0.05) is 0 Å². The molecule has 0 saturated carbocycles. The number of thioether (sulfide) groups is 1. The van der Waals surface area contributed by atoms with Gasteiger partial charge in [-0.2, -0.15) is 11.8 Å². The highest BCUT2D eigenvalue weighted by molar-refractivity contribution is 7.99. The highest BCUT2D eigenvalue weighted by Gasteiger charge is 2.17. The third kappa shape index (κ3) is 3.16. The number of hydrogen-bond donors (Lipinski definition) is 1. The standard InChI is InChI=1S/C9H17N5OS/c1-15-5-2-14-9(10-11-12-14)8-13-3-6-16-7-4-13/h2-8H2,1H3/p+1. The summed E-state index contributed by atoms with van der Waals surface area (Å²) in [5, 5.41) is 11.8. The Morgan fingerprint density at radius 2 is 2.25 bits per heavy atom. The van der Waals surface area contributed by atoms with Crippen molar-refractivity contribution in [1.29, 1.82) is 0 Å². The fraction of sp³-hybridized carbons (Fsp3) is 0.889. The predicted octanol–water partition coefficient (Wildman–Crippen LogP) is -1.55. The average molecular weight is 244 g/mol. The Bertz CT molecular complexity index is 313. The van der Waals surface area contributed by atoms with E-state index in [0.29, 0.717) is 6.61 Å². The minimum atomic E-state index is 0.656. The molecular weight excluding hydrogens is 226 g/mol. The van der Waals surface area contributed by atoms with Crippen LogP contribution in [0.1, 0.15) is 5.82 Å². The first-order valence-corrected chi connectivity index (χ1v) is 6.71. The first kappa shape index (κ1) is 11.8. The molecule has 2 rings (SSSR count). The second-order valence-electron chi connectivity index (χ2n) is 3.85. The van der Waals surface area contributed by atoms with E-state index in [-0.39, 0.29) is 0 Å². The Labute approximate surface area is 99.3 Å². The molecule has 1 aliphatic rings. The molecule has 1 fully saturated rings. The van der Waals surface area contributed by atoms with Gasteiger partial charge in [-0.25, -0.2) is 4.68 Å². The number of aromatic nitrogens is 4. The first-order chi connectivity index (χ1) is 7.90. The summed E-state index contributed by atoms with van der Waals surface area (Å²) >= 11 is 2.03. The monoisotopic (exact) mass is 244 g/mol. The number of quaternary nitrogens is 1. The van der Waals surface area contributed by atoms with Crippen molar-refractivity contribution in [1.82, 2.24) is 20.2 Å². The van der Waals surface area contributed by atoms with Crippen LogP contribution in [0.15, 0.2) is 0 Å². The zero-order valence-corrected chi connectivity index (χ0v) is 10.4. The lowest BCUT2D eigenvalue weighted by Gasteiger charge is -2.22. The van der Waals surface area contributed by atoms with Crippen LogP contribution in [0.25, 0.3) is 0 Å². The van der Waals surface area contributed by atoms with Crippen LogP contribution in [-0.4, -0.2) is 58.5 Å². The maximum Gasteiger partial charge on any atom is 0.206 e. The van der Waals surface area contributed by atoms with E-state index in [1.54, 1.807) is 12.0 Å². The molecule has 0 radical (unpaired) electrons. The molecule has 1 N–H and O–H groups in total. The van der Waals surface area contributed by atoms with Crippen molar-refractivity contribution >= 4 is 11.8 Å². The van der Waals surface area contributed by atoms with Crippen LogP contribution in [0.5, 0.6) is 0 Å². The van der Waals surface area contributed by atoms with Crippen LogP contribution >= 0.6 is 11.8 Å². The lowest BCUT2D eigenvalue weighted by molar-refractivity contribution is -0.910. The summed E-state index contributed by atoms with van der Waals surface area (Å²) in [5.41, 5.74) is 0. The summed E-state index contributed by atoms with van der Waals surface area (Å²) < 4.78 is 6.88. The van der Waals surface area contributed by atoms with Gasteiger partial charge < -0.3 is 9.64 Å². The van der Waals surface area contributed by atoms with Gasteiger partial charge in [-0.3, -0.25) is 0 Å². The molecule has 16 heavy (non-hydrogen) atoms. The minimum Gasteiger partial charge on any atom is -0.383 e. The van der Waals surface area contributed by atoms with Gasteiger partial charge >= 0.3 is 0 Å². The number of hydrogen-bond acceptors (Lipinski definition) is 5. The molecule has 2 heterocycles. The van der Waals surface area contributed by atoms with E-state index >= 15 is 0 Å². The van der Waals surface area contributed by atoms with E-state index in [9.17, 15) is 0 Å². The molecule has 7 heteroatoms. The largest absolute Gasteiger partial charge is 0.383 e. The molecular formula is C9H18N5OS+. The van der Waals surface area contributed by atoms with E-state index in [2.05, 4.69) is 15.5 Å². The van der Waals surface area contributed by atoms with Gasteiger partial charge in [0, 0.05) is 18.6 Å². The van der Waals surface area contributed by atoms with Crippen molar-refractivity contribution in [3.05, 3.63) is 5.82 Å². The van der Waals surface area contributed by atoms with Gasteiger partial charge in [0.2, 0.25) is 5.82 Å². The second kappa shape index (κ2) is 6.17. The van der Waals surface area contributed by atoms with Crippen LogP contribution in [0.2, 0.25) is 0 Å². The number of nitrogens with one attached hydrogen (secondary N) is 1. The Morgan fingerprint density at radius 1 is 1.44 bits per heavy atom. The van der Waals surface area contributed by atoms with Gasteiger partial charge in [-0.05, 0) is 10.4 Å². The number of rotatable bonds is 5. The maximum absolute atomic E-state index is 5.03. The second-order valence-corrected chi connectivity index (χ2v) is 5.07. The SMILES string of the molecule is COCCn1nnnc1C[NH+]1CCSCC1. The highest BCUT2D eigenvalue weighted by atomic mass is 32.2. The molecule has 1 aromatic rings. The van der Waals surface area contributed by atoms with E-state index in [0.717, 1.165) is 18.9 Å². The molecule has 1 aliphatic heterocycles. The van der Waals surface area contributed by atoms with Crippen LogP contribution in [0, 0.1) is 0 Å². The lowest BCUT2D eigenvalue weighted by Crippen LogP contribution is -3.12. The minimum absolute atomic E-state index is 0.656. The van der Waals surface area contributed by atoms with Crippen molar-refractivity contribution in [2.45, 2.75) is 13.1 Å². The molecule has 90 valence electrons. The molecule has 0 bridgehead atoms. The number of methoxy groups -OCH3 is 1. The molecule has 0 aromatic carbocycles. The molecule has 1 saturated heterocycles. The summed E-state index contributed by atoms with van der Waals surface area (Å²) in [6.45, 7) is 4.74. The van der Waals surface area contributed by atoms with Gasteiger partial charge in [0.1, 0.15) is 6.54 Å². The van der Waals surface area contributed by atoms with Crippen LogP contribution in [-0.2, 0) is 17.8 Å². The maximum atomic E-state index is 5.03. The number of ether oxygens (including phenoxy) is 1. The third-order valence-electron chi connectivity index (χ3n) is 2.72. The van der Waals surface area contributed by atoms with Crippen LogP contribution in [0.3, 0.4) is 0 Å². The smallest absolute Gasteiger partial charge is 0.206 e. The van der Waals surface area contributed by atoms with Gasteiger partial charge in [-0.15, -0.1) is 5.10 Å². The summed E-state index contributed by atoms with van der Waals surface area (Å²) in [6, 6.07) is 0. The van der Waals surface area contributed by atoms with E-state index in [1.165, 1.54) is 24.6 Å². The fourth-order valence-corrected chi connectivity index (χ4v) is 2.83. The molecule has 6 nitrogen and oxygen atoms in total. The van der Waals surface area contributed by atoms with Crippen LogP contribution < -0.4 is 4.90 Å². The molecule has 0 aliphatic carbocycles. The van der Waals surface area contributed by atoms with Gasteiger partial charge in [0.15, 0.2) is 0 Å². The number of tetrazole rings is 1. The predicted molar refractivity (Wildman–Crippen MR) is 61.4 cm³/mol. The van der Waals surface area contributed by atoms with Gasteiger partial charge in [0.25, 0.3) is 0 Å². The fourth-order valence-electron chi connectivity index (χ4n) is 1.76. The molecule has 0 atom stereocenters. The summed E-state index contributed by atoms with van der Waals surface area (Å²) in [6.07, 6.45) is 0. The van der Waals surface area contributed by atoms with Crippen molar-refractivity contribution < 1.29 is 9.64 Å². The number of nitrogens with zero attached hydrogens (tertiary/aromatic N) is 4. The molecule has 1 aromatic heterocycles. The van der Waals surface area contributed by atoms with Crippen molar-refractivity contribution in [3.8, 4) is 0 Å². The molecule has 0 unspecified atom stereocenters. The summed E-state index contributed by atoms with van der Waals surface area (Å²) in [7, 11) is 1.69. The van der Waals surface area contributed by atoms with E-state index < -0.39 is 0 Å². The van der Waals surface area contributed by atoms with Crippen molar-refractivity contribution in [3.63, 3.8) is 0 Å². The lowest BCUT2D eigenvalue weighted by atomic mass is 10.4. The quantitative estimate of drug-likeness (QED) is 0.680.